The molecule has 1 nitrogen and oxygen atoms in total. The molecule has 0 saturated carbocycles. The van der Waals surface area contributed by atoms with Gasteiger partial charge < -0.3 is 0 Å². The van der Waals surface area contributed by atoms with Crippen LogP contribution >= 0.6 is 11.3 Å². The number of rotatable bonds is 7. The van der Waals surface area contributed by atoms with Crippen molar-refractivity contribution in [1.82, 2.24) is 4.98 Å². The monoisotopic (exact) mass is 251 g/mol. The highest BCUT2D eigenvalue weighted by molar-refractivity contribution is 7.12. The minimum Gasteiger partial charge on any atom is -0.241 e. The molecule has 96 valence electrons. The second-order valence-electron chi connectivity index (χ2n) is 4.64. The van der Waals surface area contributed by atoms with E-state index in [0.717, 1.165) is 0 Å². The van der Waals surface area contributed by atoms with Crippen LogP contribution in [0.5, 0.6) is 0 Å². The molecule has 0 radical (unpaired) electrons. The van der Waals surface area contributed by atoms with Crippen LogP contribution in [0.2, 0.25) is 0 Å². The van der Waals surface area contributed by atoms with E-state index in [1.807, 2.05) is 11.3 Å². The molecule has 0 amide bonds. The van der Waals surface area contributed by atoms with E-state index in [4.69, 9.17) is 4.98 Å². The molecule has 0 unspecified atom stereocenters. The van der Waals surface area contributed by atoms with Gasteiger partial charge in [-0.3, -0.25) is 0 Å². The Morgan fingerprint density at radius 1 is 1.18 bits per heavy atom. The van der Waals surface area contributed by atoms with Crippen molar-refractivity contribution in [2.75, 3.05) is 0 Å². The summed E-state index contributed by atoms with van der Waals surface area (Å²) in [6.45, 7) is 8.78. The molecule has 0 aliphatic rings. The quantitative estimate of drug-likeness (QED) is 0.581. The second-order valence-corrected chi connectivity index (χ2v) is 5.84. The molecule has 0 aliphatic heterocycles. The number of hydrogen-bond donors (Lipinski definition) is 0. The summed E-state index contributed by atoms with van der Waals surface area (Å²) in [7, 11) is 0. The average Bonchev–Trinajstić information content (AvgIpc) is 2.64. The summed E-state index contributed by atoms with van der Waals surface area (Å²) in [4.78, 5) is 6.05. The summed E-state index contributed by atoms with van der Waals surface area (Å²) in [6.07, 6.45) is 9.90. The van der Waals surface area contributed by atoms with E-state index in [9.17, 15) is 0 Å². The molecule has 1 aromatic rings. The minimum atomic E-state index is 1.19. The van der Waals surface area contributed by atoms with Crippen molar-refractivity contribution in [1.29, 1.82) is 0 Å². The van der Waals surface area contributed by atoms with Gasteiger partial charge in [0.25, 0.3) is 0 Å². The minimum absolute atomic E-state index is 1.19. The number of thiazole rings is 1. The number of unbranched alkanes of at least 4 members (excludes halogenated alkanes) is 3. The van der Waals surface area contributed by atoms with Crippen molar-refractivity contribution in [2.24, 2.45) is 0 Å². The molecule has 0 N–H and O–H groups in total. The standard InChI is InChI=1S/C15H25NS/c1-5-7-9-11-14(10-8-6-2)15-16-12(3)13(4)17-15/h11H,5-10H2,1-4H3/b14-11+. The van der Waals surface area contributed by atoms with Crippen molar-refractivity contribution in [3.63, 3.8) is 0 Å². The van der Waals surface area contributed by atoms with Gasteiger partial charge in [0.05, 0.1) is 5.69 Å². The maximum Gasteiger partial charge on any atom is 0.119 e. The highest BCUT2D eigenvalue weighted by Gasteiger charge is 2.08. The fourth-order valence-corrected chi connectivity index (χ4v) is 2.74. The van der Waals surface area contributed by atoms with Crippen LogP contribution in [0.15, 0.2) is 6.08 Å². The third-order valence-corrected chi connectivity index (χ3v) is 4.20. The van der Waals surface area contributed by atoms with E-state index in [-0.39, 0.29) is 0 Å². The van der Waals surface area contributed by atoms with Crippen LogP contribution in [0.4, 0.5) is 0 Å². The smallest absolute Gasteiger partial charge is 0.119 e. The van der Waals surface area contributed by atoms with Crippen LogP contribution in [0.3, 0.4) is 0 Å². The summed E-state index contributed by atoms with van der Waals surface area (Å²) in [5, 5.41) is 1.25. The third kappa shape index (κ3) is 4.63. The summed E-state index contributed by atoms with van der Waals surface area (Å²) >= 11 is 1.85. The van der Waals surface area contributed by atoms with Crippen molar-refractivity contribution >= 4 is 16.9 Å². The van der Waals surface area contributed by atoms with Crippen LogP contribution in [-0.4, -0.2) is 4.98 Å². The van der Waals surface area contributed by atoms with Gasteiger partial charge >= 0.3 is 0 Å². The predicted octanol–water partition coefficient (Wildman–Crippen LogP) is 5.52. The molecule has 17 heavy (non-hydrogen) atoms. The van der Waals surface area contributed by atoms with E-state index in [0.29, 0.717) is 0 Å². The van der Waals surface area contributed by atoms with Gasteiger partial charge in [0.15, 0.2) is 0 Å². The molecule has 0 bridgehead atoms. The summed E-state index contributed by atoms with van der Waals surface area (Å²) in [5.41, 5.74) is 2.67. The lowest BCUT2D eigenvalue weighted by atomic mass is 10.1. The zero-order valence-corrected chi connectivity index (χ0v) is 12.5. The zero-order chi connectivity index (χ0) is 12.7. The van der Waals surface area contributed by atoms with Gasteiger partial charge in [-0.1, -0.05) is 39.2 Å². The van der Waals surface area contributed by atoms with Gasteiger partial charge in [0, 0.05) is 4.88 Å². The van der Waals surface area contributed by atoms with Gasteiger partial charge in [-0.2, -0.15) is 0 Å². The van der Waals surface area contributed by atoms with Crippen molar-refractivity contribution < 1.29 is 0 Å². The first-order valence-electron chi connectivity index (χ1n) is 6.82. The molecule has 0 saturated heterocycles. The SMILES string of the molecule is CCCC/C=C(\CCCC)c1nc(C)c(C)s1. The summed E-state index contributed by atoms with van der Waals surface area (Å²) < 4.78 is 0. The normalized spacial score (nSPS) is 12.1. The Morgan fingerprint density at radius 3 is 2.41 bits per heavy atom. The maximum atomic E-state index is 4.69. The molecule has 2 heteroatoms. The van der Waals surface area contributed by atoms with Crippen LogP contribution in [0.25, 0.3) is 5.57 Å². The maximum absolute atomic E-state index is 4.69. The lowest BCUT2D eigenvalue weighted by Gasteiger charge is -2.03. The molecule has 1 aromatic heterocycles. The fraction of sp³-hybridized carbons (Fsp3) is 0.667. The number of aryl methyl sites for hydroxylation is 2. The summed E-state index contributed by atoms with van der Waals surface area (Å²) in [6, 6.07) is 0. The van der Waals surface area contributed by atoms with Gasteiger partial charge in [-0.15, -0.1) is 11.3 Å². The van der Waals surface area contributed by atoms with Crippen molar-refractivity contribution in [3.8, 4) is 0 Å². The third-order valence-electron chi connectivity index (χ3n) is 3.05. The van der Waals surface area contributed by atoms with E-state index >= 15 is 0 Å². The lowest BCUT2D eigenvalue weighted by molar-refractivity contribution is 0.800. The zero-order valence-electron chi connectivity index (χ0n) is 11.7. The first kappa shape index (κ1) is 14.4. The number of nitrogens with zero attached hydrogens (tertiary/aromatic N) is 1. The Hall–Kier alpha value is -0.630. The van der Waals surface area contributed by atoms with Crippen molar-refractivity contribution in [2.45, 2.75) is 66.2 Å². The number of allylic oxidation sites excluding steroid dienone is 2. The van der Waals surface area contributed by atoms with E-state index in [1.165, 1.54) is 59.7 Å². The van der Waals surface area contributed by atoms with Gasteiger partial charge in [0.1, 0.15) is 5.01 Å². The summed E-state index contributed by atoms with van der Waals surface area (Å²) in [5.74, 6) is 0. The van der Waals surface area contributed by atoms with Crippen LogP contribution < -0.4 is 0 Å². The lowest BCUT2D eigenvalue weighted by Crippen LogP contribution is -1.86. The predicted molar refractivity (Wildman–Crippen MR) is 78.6 cm³/mol. The Bertz CT molecular complexity index is 343. The largest absolute Gasteiger partial charge is 0.241 e. The molecular formula is C15H25NS. The molecular weight excluding hydrogens is 226 g/mol. The van der Waals surface area contributed by atoms with Gasteiger partial charge in [0.2, 0.25) is 0 Å². The van der Waals surface area contributed by atoms with Crippen molar-refractivity contribution in [3.05, 3.63) is 21.7 Å². The molecule has 0 aromatic carbocycles. The Kier molecular flexibility index (Phi) is 6.49. The van der Waals surface area contributed by atoms with Gasteiger partial charge in [-0.25, -0.2) is 4.98 Å². The van der Waals surface area contributed by atoms with Crippen LogP contribution in [-0.2, 0) is 0 Å². The first-order valence-corrected chi connectivity index (χ1v) is 7.64. The average molecular weight is 251 g/mol. The van der Waals surface area contributed by atoms with Crippen LogP contribution in [0.1, 0.15) is 68.0 Å². The van der Waals surface area contributed by atoms with E-state index in [1.54, 1.807) is 0 Å². The molecule has 0 atom stereocenters. The van der Waals surface area contributed by atoms with Crippen LogP contribution in [0, 0.1) is 13.8 Å². The molecule has 0 spiro atoms. The highest BCUT2D eigenvalue weighted by Crippen LogP contribution is 2.28. The van der Waals surface area contributed by atoms with E-state index < -0.39 is 0 Å². The Balaban J connectivity index is 2.77. The van der Waals surface area contributed by atoms with E-state index in [2.05, 4.69) is 33.8 Å². The molecule has 1 rings (SSSR count). The topological polar surface area (TPSA) is 12.9 Å². The molecule has 0 aliphatic carbocycles. The first-order chi connectivity index (χ1) is 8.19. The number of hydrogen-bond acceptors (Lipinski definition) is 2. The Morgan fingerprint density at radius 2 is 1.88 bits per heavy atom. The molecule has 0 fully saturated rings. The molecule has 1 heterocycles. The highest BCUT2D eigenvalue weighted by atomic mass is 32.1. The van der Waals surface area contributed by atoms with Gasteiger partial charge in [-0.05, 0) is 38.7 Å². The second kappa shape index (κ2) is 7.65. The Labute approximate surface area is 110 Å². The number of aromatic nitrogens is 1. The fourth-order valence-electron chi connectivity index (χ4n) is 1.75.